The molecule has 0 saturated heterocycles. The van der Waals surface area contributed by atoms with Gasteiger partial charge in [0.1, 0.15) is 17.7 Å². The zero-order valence-electron chi connectivity index (χ0n) is 19.2. The number of sulfonamides is 1. The summed E-state index contributed by atoms with van der Waals surface area (Å²) in [4.78, 5) is 24.7. The number of hydrogen-bond donors (Lipinski definition) is 2. The van der Waals surface area contributed by atoms with Crippen molar-refractivity contribution in [2.45, 2.75) is 23.8 Å². The van der Waals surface area contributed by atoms with Gasteiger partial charge >= 0.3 is 5.97 Å². The lowest BCUT2D eigenvalue weighted by Crippen LogP contribution is -2.45. The number of rotatable bonds is 8. The monoisotopic (exact) mass is 682 g/mol. The van der Waals surface area contributed by atoms with Crippen molar-refractivity contribution in [2.24, 2.45) is 0 Å². The van der Waals surface area contributed by atoms with Crippen LogP contribution in [0.15, 0.2) is 59.5 Å². The molecule has 0 aliphatic heterocycles. The van der Waals surface area contributed by atoms with Gasteiger partial charge in [-0.05, 0) is 70.6 Å². The van der Waals surface area contributed by atoms with Gasteiger partial charge in [-0.15, -0.1) is 0 Å². The maximum Gasteiger partial charge on any atom is 0.328 e. The molecule has 13 heteroatoms. The summed E-state index contributed by atoms with van der Waals surface area (Å²) in [5.74, 6) is -4.85. The molecule has 37 heavy (non-hydrogen) atoms. The molecule has 0 fully saturated rings. The van der Waals surface area contributed by atoms with Crippen LogP contribution in [0.1, 0.15) is 28.8 Å². The molecule has 3 aromatic carbocycles. The van der Waals surface area contributed by atoms with Crippen molar-refractivity contribution in [1.29, 1.82) is 0 Å². The van der Waals surface area contributed by atoms with E-state index in [1.54, 1.807) is 25.1 Å². The van der Waals surface area contributed by atoms with Crippen molar-refractivity contribution in [3.05, 3.63) is 91.0 Å². The number of amides is 1. The van der Waals surface area contributed by atoms with Crippen LogP contribution >= 0.6 is 45.8 Å². The summed E-state index contributed by atoms with van der Waals surface area (Å²) >= 11 is 13.9. The Morgan fingerprint density at radius 3 is 2.24 bits per heavy atom. The Morgan fingerprint density at radius 2 is 1.65 bits per heavy atom. The fourth-order valence-corrected chi connectivity index (χ4v) is 5.46. The van der Waals surface area contributed by atoms with Gasteiger partial charge in [-0.1, -0.05) is 42.3 Å². The van der Waals surface area contributed by atoms with Gasteiger partial charge in [0, 0.05) is 9.49 Å². The minimum Gasteiger partial charge on any atom is -0.467 e. The van der Waals surface area contributed by atoms with E-state index in [9.17, 15) is 26.8 Å². The molecule has 0 spiro atoms. The molecule has 196 valence electrons. The van der Waals surface area contributed by atoms with Gasteiger partial charge in [-0.25, -0.2) is 22.0 Å². The highest BCUT2D eigenvalue weighted by atomic mass is 127. The summed E-state index contributed by atoms with van der Waals surface area (Å²) in [6.07, 6.45) is 0. The second kappa shape index (κ2) is 11.9. The lowest BCUT2D eigenvalue weighted by molar-refractivity contribution is -0.143. The van der Waals surface area contributed by atoms with Crippen LogP contribution in [-0.4, -0.2) is 33.4 Å². The summed E-state index contributed by atoms with van der Waals surface area (Å²) in [5, 5.41) is 3.10. The van der Waals surface area contributed by atoms with Gasteiger partial charge in [-0.3, -0.25) is 9.52 Å². The molecule has 0 bridgehead atoms. The average molecular weight is 683 g/mol. The number of nitrogens with one attached hydrogen (secondary N) is 2. The maximum absolute atomic E-state index is 14.2. The SMILES string of the molecule is COC(=O)[C@@H](NC(=O)c1ccc(I)cc1NS(=O)(=O)c1c(F)cccc1F)[C@H](C)c1ccc(Cl)c(Cl)c1. The topological polar surface area (TPSA) is 102 Å². The molecule has 2 N–H and O–H groups in total. The number of halogens is 5. The lowest BCUT2D eigenvalue weighted by atomic mass is 9.93. The largest absolute Gasteiger partial charge is 0.467 e. The predicted molar refractivity (Wildman–Crippen MR) is 144 cm³/mol. The zero-order valence-corrected chi connectivity index (χ0v) is 23.7. The average Bonchev–Trinajstić information content (AvgIpc) is 2.82. The molecular formula is C24H19Cl2F2IN2O5S. The van der Waals surface area contributed by atoms with E-state index in [1.807, 2.05) is 22.6 Å². The van der Waals surface area contributed by atoms with Gasteiger partial charge in [0.25, 0.3) is 15.9 Å². The molecule has 7 nitrogen and oxygen atoms in total. The van der Waals surface area contributed by atoms with Crippen molar-refractivity contribution in [3.63, 3.8) is 0 Å². The number of anilines is 1. The highest BCUT2D eigenvalue weighted by molar-refractivity contribution is 14.1. The first-order valence-electron chi connectivity index (χ1n) is 10.5. The van der Waals surface area contributed by atoms with Crippen molar-refractivity contribution in [3.8, 4) is 0 Å². The number of carbonyl (C=O) groups is 2. The first kappa shape index (κ1) is 29.1. The van der Waals surface area contributed by atoms with E-state index in [2.05, 4.69) is 10.0 Å². The fraction of sp³-hybridized carbons (Fsp3) is 0.167. The Kier molecular flexibility index (Phi) is 9.37. The summed E-state index contributed by atoms with van der Waals surface area (Å²) in [7, 11) is -3.62. The summed E-state index contributed by atoms with van der Waals surface area (Å²) in [5.41, 5.74) is 0.123. The van der Waals surface area contributed by atoms with Crippen LogP contribution in [0.5, 0.6) is 0 Å². The van der Waals surface area contributed by atoms with E-state index in [1.165, 1.54) is 18.2 Å². The molecule has 0 aliphatic rings. The molecule has 0 unspecified atom stereocenters. The first-order chi connectivity index (χ1) is 17.4. The van der Waals surface area contributed by atoms with E-state index in [-0.39, 0.29) is 16.3 Å². The van der Waals surface area contributed by atoms with Crippen LogP contribution < -0.4 is 10.0 Å². The Hall–Kier alpha value is -2.48. The molecule has 0 aromatic heterocycles. The van der Waals surface area contributed by atoms with Crippen molar-refractivity contribution >= 4 is 73.4 Å². The molecule has 2 atom stereocenters. The van der Waals surface area contributed by atoms with Gasteiger partial charge in [0.05, 0.1) is 28.4 Å². The van der Waals surface area contributed by atoms with Crippen molar-refractivity contribution in [2.75, 3.05) is 11.8 Å². The highest BCUT2D eigenvalue weighted by Crippen LogP contribution is 2.30. The van der Waals surface area contributed by atoms with E-state index in [0.29, 0.717) is 14.2 Å². The van der Waals surface area contributed by atoms with Crippen molar-refractivity contribution in [1.82, 2.24) is 5.32 Å². The Morgan fingerprint density at radius 1 is 1.00 bits per heavy atom. The Bertz CT molecular complexity index is 1450. The normalized spacial score (nSPS) is 12.9. The Balaban J connectivity index is 1.97. The second-order valence-electron chi connectivity index (χ2n) is 7.78. The third-order valence-electron chi connectivity index (χ3n) is 5.37. The number of benzene rings is 3. The third kappa shape index (κ3) is 6.70. The molecular weight excluding hydrogens is 664 g/mol. The van der Waals surface area contributed by atoms with E-state index >= 15 is 0 Å². The molecule has 0 radical (unpaired) electrons. The minimum absolute atomic E-state index is 0.198. The van der Waals surface area contributed by atoms with Gasteiger partial charge < -0.3 is 10.1 Å². The minimum atomic E-state index is -4.77. The summed E-state index contributed by atoms with van der Waals surface area (Å²) in [6, 6.07) is 10.3. The number of methoxy groups -OCH3 is 1. The maximum atomic E-state index is 14.2. The second-order valence-corrected chi connectivity index (χ2v) is 11.5. The number of esters is 1. The van der Waals surface area contributed by atoms with Crippen molar-refractivity contribution < 1.29 is 31.5 Å². The fourth-order valence-electron chi connectivity index (χ4n) is 3.46. The highest BCUT2D eigenvalue weighted by Gasteiger charge is 2.31. The quantitative estimate of drug-likeness (QED) is 0.233. The number of ether oxygens (including phenoxy) is 1. The van der Waals surface area contributed by atoms with Crippen LogP contribution in [0, 0.1) is 15.2 Å². The Labute approximate surface area is 235 Å². The molecule has 1 amide bonds. The van der Waals surface area contributed by atoms with Gasteiger partial charge in [0.2, 0.25) is 0 Å². The van der Waals surface area contributed by atoms with E-state index in [0.717, 1.165) is 25.3 Å². The first-order valence-corrected chi connectivity index (χ1v) is 13.8. The van der Waals surface area contributed by atoms with Gasteiger partial charge in [-0.2, -0.15) is 0 Å². The van der Waals surface area contributed by atoms with Crippen LogP contribution in [-0.2, 0) is 19.6 Å². The molecule has 3 aromatic rings. The number of carbonyl (C=O) groups excluding carboxylic acids is 2. The zero-order chi connectivity index (χ0) is 27.5. The summed E-state index contributed by atoms with van der Waals surface area (Å²) < 4.78 is 61.5. The number of hydrogen-bond acceptors (Lipinski definition) is 5. The van der Waals surface area contributed by atoms with Gasteiger partial charge in [0.15, 0.2) is 4.90 Å². The van der Waals surface area contributed by atoms with Crippen LogP contribution in [0.25, 0.3) is 0 Å². The molecule has 0 heterocycles. The van der Waals surface area contributed by atoms with E-state index < -0.39 is 50.4 Å². The molecule has 3 rings (SSSR count). The smallest absolute Gasteiger partial charge is 0.328 e. The standard InChI is InChI=1S/C24H19Cl2F2IN2O5S/c1-12(13-6-9-16(25)17(26)10-13)21(24(33)36-2)30-23(32)15-8-7-14(29)11-20(15)31-37(34,35)22-18(27)4-3-5-19(22)28/h3-12,21,31H,1-2H3,(H,30,32)/t12-,21+/m1/s1. The predicted octanol–water partition coefficient (Wildman–Crippen LogP) is 5.75. The molecule has 0 saturated carbocycles. The van der Waals surface area contributed by atoms with Crippen LogP contribution in [0.2, 0.25) is 10.0 Å². The van der Waals surface area contributed by atoms with Crippen LogP contribution in [0.4, 0.5) is 14.5 Å². The lowest BCUT2D eigenvalue weighted by Gasteiger charge is -2.24. The molecule has 0 aliphatic carbocycles. The van der Waals surface area contributed by atoms with E-state index in [4.69, 9.17) is 27.9 Å². The summed E-state index contributed by atoms with van der Waals surface area (Å²) in [6.45, 7) is 1.65. The third-order valence-corrected chi connectivity index (χ3v) is 8.20. The van der Waals surface area contributed by atoms with Crippen LogP contribution in [0.3, 0.4) is 0 Å².